The van der Waals surface area contributed by atoms with Gasteiger partial charge in [-0.3, -0.25) is 14.4 Å². The Balaban J connectivity index is 2.18. The first kappa shape index (κ1) is 11.5. The summed E-state index contributed by atoms with van der Waals surface area (Å²) in [6, 6.07) is 10.6. The minimum absolute atomic E-state index is 0.199. The lowest BCUT2D eigenvalue weighted by Crippen LogP contribution is -2.52. The van der Waals surface area contributed by atoms with Gasteiger partial charge in [-0.1, -0.05) is 30.3 Å². The van der Waals surface area contributed by atoms with E-state index in [2.05, 4.69) is 0 Å². The Morgan fingerprint density at radius 1 is 0.737 bits per heavy atom. The highest BCUT2D eigenvalue weighted by Gasteiger charge is 2.46. The molecule has 0 bridgehead atoms. The van der Waals surface area contributed by atoms with Gasteiger partial charge in [-0.05, 0) is 0 Å². The van der Waals surface area contributed by atoms with Gasteiger partial charge in [0.25, 0.3) is 11.8 Å². The zero-order valence-corrected chi connectivity index (χ0v) is 9.95. The lowest BCUT2D eigenvalue weighted by atomic mass is 9.85. The highest BCUT2D eigenvalue weighted by Crippen LogP contribution is 2.23. The Labute approximate surface area is 109 Å². The van der Waals surface area contributed by atoms with Gasteiger partial charge in [0.05, 0.1) is 0 Å². The highest BCUT2D eigenvalue weighted by molar-refractivity contribution is 6.52. The summed E-state index contributed by atoms with van der Waals surface area (Å²) >= 11 is 0. The number of aromatic nitrogens is 1. The van der Waals surface area contributed by atoms with Crippen molar-refractivity contribution >= 4 is 17.3 Å². The molecule has 0 spiro atoms. The molecule has 4 nitrogen and oxygen atoms in total. The van der Waals surface area contributed by atoms with E-state index in [-0.39, 0.29) is 11.3 Å². The van der Waals surface area contributed by atoms with E-state index in [9.17, 15) is 14.4 Å². The number of nitrogens with zero attached hydrogens (tertiary/aromatic N) is 1. The number of ketones is 3. The van der Waals surface area contributed by atoms with E-state index in [0.717, 1.165) is 0 Å². The quantitative estimate of drug-likeness (QED) is 0.435. The van der Waals surface area contributed by atoms with Crippen molar-refractivity contribution in [1.82, 2.24) is 0 Å². The van der Waals surface area contributed by atoms with Crippen LogP contribution in [0.25, 0.3) is 0 Å². The average Bonchev–Trinajstić information content (AvgIpc) is 2.46. The minimum atomic E-state index is -1.08. The summed E-state index contributed by atoms with van der Waals surface area (Å²) in [5.74, 6) is -1.62. The van der Waals surface area contributed by atoms with Gasteiger partial charge in [-0.2, -0.15) is 4.57 Å². The van der Waals surface area contributed by atoms with Crippen molar-refractivity contribution in [2.75, 3.05) is 0 Å². The van der Waals surface area contributed by atoms with Crippen molar-refractivity contribution in [2.24, 2.45) is 0 Å². The Hall–Kier alpha value is -2.62. The number of carbonyl (C=O) groups excluding carboxylic acids is 3. The molecule has 1 aromatic carbocycles. The Morgan fingerprint density at radius 3 is 2.05 bits per heavy atom. The molecule has 0 N–H and O–H groups in total. The van der Waals surface area contributed by atoms with Gasteiger partial charge in [0.2, 0.25) is 11.6 Å². The molecule has 1 aliphatic carbocycles. The second kappa shape index (κ2) is 4.24. The maximum atomic E-state index is 12.4. The van der Waals surface area contributed by atoms with Gasteiger partial charge in [0, 0.05) is 23.3 Å². The lowest BCUT2D eigenvalue weighted by Gasteiger charge is -2.17. The number of hydrogen-bond acceptors (Lipinski definition) is 3. The molecule has 0 saturated heterocycles. The summed E-state index contributed by atoms with van der Waals surface area (Å²) in [6.07, 6.45) is 3.23. The van der Waals surface area contributed by atoms with Crippen LogP contribution in [0.2, 0.25) is 0 Å². The summed E-state index contributed by atoms with van der Waals surface area (Å²) in [6.45, 7) is 0. The van der Waals surface area contributed by atoms with Gasteiger partial charge < -0.3 is 0 Å². The third-order valence-corrected chi connectivity index (χ3v) is 3.19. The van der Waals surface area contributed by atoms with Crippen molar-refractivity contribution in [1.29, 1.82) is 0 Å². The molecule has 2 aromatic rings. The van der Waals surface area contributed by atoms with Crippen molar-refractivity contribution in [3.63, 3.8) is 0 Å². The van der Waals surface area contributed by atoms with E-state index < -0.39 is 17.6 Å². The first-order chi connectivity index (χ1) is 9.20. The summed E-state index contributed by atoms with van der Waals surface area (Å²) in [4.78, 5) is 36.5. The number of hydrogen-bond donors (Lipinski definition) is 0. The smallest absolute Gasteiger partial charge is 0.286 e. The molecule has 0 unspecified atom stereocenters. The van der Waals surface area contributed by atoms with Crippen LogP contribution in [0.1, 0.15) is 26.8 Å². The first-order valence-electron chi connectivity index (χ1n) is 5.88. The molecule has 4 heteroatoms. The van der Waals surface area contributed by atoms with Crippen LogP contribution < -0.4 is 4.57 Å². The molecular weight excluding hydrogens is 242 g/mol. The van der Waals surface area contributed by atoms with Crippen molar-refractivity contribution in [3.8, 4) is 0 Å². The number of carbonyl (C=O) groups is 3. The zero-order valence-electron chi connectivity index (χ0n) is 9.95. The Kier molecular flexibility index (Phi) is 2.56. The molecule has 1 heterocycles. The number of pyridine rings is 1. The monoisotopic (exact) mass is 252 g/mol. The number of Topliss-reactive ketones (excluding diaryl/α,β-unsaturated/α-hetero) is 3. The average molecular weight is 252 g/mol. The van der Waals surface area contributed by atoms with Crippen LogP contribution in [-0.2, 0) is 4.79 Å². The van der Waals surface area contributed by atoms with E-state index >= 15 is 0 Å². The number of rotatable bonds is 1. The van der Waals surface area contributed by atoms with Crippen molar-refractivity contribution in [2.45, 2.75) is 6.04 Å². The maximum Gasteiger partial charge on any atom is 0.286 e. The molecule has 0 fully saturated rings. The standard InChI is InChI=1S/C15H10NO3/c17-13-10-6-2-3-7-11(10)14(18)15(19)12(13)16-8-4-1-5-9-16/h1-9,12H/q+1/t12-/m1/s1. The summed E-state index contributed by atoms with van der Waals surface area (Å²) in [5, 5.41) is 0. The van der Waals surface area contributed by atoms with Crippen LogP contribution in [0.15, 0.2) is 54.9 Å². The molecular formula is C15H10NO3+. The van der Waals surface area contributed by atoms with Crippen LogP contribution in [0, 0.1) is 0 Å². The molecule has 1 atom stereocenters. The lowest BCUT2D eigenvalue weighted by molar-refractivity contribution is -0.694. The van der Waals surface area contributed by atoms with Gasteiger partial charge in [-0.25, -0.2) is 0 Å². The number of benzene rings is 1. The molecule has 1 aromatic heterocycles. The second-order valence-corrected chi connectivity index (χ2v) is 4.33. The molecule has 3 rings (SSSR count). The fourth-order valence-electron chi connectivity index (χ4n) is 2.27. The fraction of sp³-hybridized carbons (Fsp3) is 0.0667. The molecule has 0 radical (unpaired) electrons. The Bertz CT molecular complexity index is 692. The van der Waals surface area contributed by atoms with Crippen LogP contribution in [-0.4, -0.2) is 17.3 Å². The van der Waals surface area contributed by atoms with E-state index in [1.54, 1.807) is 48.8 Å². The summed E-state index contributed by atoms with van der Waals surface area (Å²) in [7, 11) is 0. The third kappa shape index (κ3) is 1.69. The predicted molar refractivity (Wildman–Crippen MR) is 65.8 cm³/mol. The van der Waals surface area contributed by atoms with Gasteiger partial charge in [0.15, 0.2) is 12.4 Å². The van der Waals surface area contributed by atoms with Crippen molar-refractivity contribution in [3.05, 3.63) is 66.0 Å². The van der Waals surface area contributed by atoms with Gasteiger partial charge >= 0.3 is 0 Å². The largest absolute Gasteiger partial charge is 0.286 e. The van der Waals surface area contributed by atoms with Crippen LogP contribution in [0.5, 0.6) is 0 Å². The molecule has 92 valence electrons. The normalized spacial score (nSPS) is 18.3. The molecule has 0 saturated carbocycles. The van der Waals surface area contributed by atoms with Crippen LogP contribution in [0.3, 0.4) is 0 Å². The molecule has 0 aliphatic heterocycles. The summed E-state index contributed by atoms with van der Waals surface area (Å²) < 4.78 is 1.47. The van der Waals surface area contributed by atoms with Gasteiger partial charge in [0.1, 0.15) is 0 Å². The third-order valence-electron chi connectivity index (χ3n) is 3.19. The zero-order chi connectivity index (χ0) is 13.4. The molecule has 0 amide bonds. The Morgan fingerprint density at radius 2 is 1.37 bits per heavy atom. The van der Waals surface area contributed by atoms with E-state index in [1.165, 1.54) is 10.6 Å². The highest BCUT2D eigenvalue weighted by atomic mass is 16.2. The van der Waals surface area contributed by atoms with Gasteiger partial charge in [-0.15, -0.1) is 0 Å². The number of fused-ring (bicyclic) bond motifs is 1. The van der Waals surface area contributed by atoms with E-state index in [0.29, 0.717) is 5.56 Å². The van der Waals surface area contributed by atoms with E-state index in [1.807, 2.05) is 0 Å². The van der Waals surface area contributed by atoms with Crippen LogP contribution >= 0.6 is 0 Å². The first-order valence-corrected chi connectivity index (χ1v) is 5.88. The van der Waals surface area contributed by atoms with Crippen molar-refractivity contribution < 1.29 is 19.0 Å². The topological polar surface area (TPSA) is 55.1 Å². The molecule has 19 heavy (non-hydrogen) atoms. The fourth-order valence-corrected chi connectivity index (χ4v) is 2.27. The maximum absolute atomic E-state index is 12.4. The second-order valence-electron chi connectivity index (χ2n) is 4.33. The molecule has 1 aliphatic rings. The minimum Gasteiger partial charge on any atom is -0.286 e. The SMILES string of the molecule is O=C1C(=O)[C@H]([n+]2ccccc2)C(=O)c2ccccc21. The predicted octanol–water partition coefficient (Wildman–Crippen LogP) is 1.16. The van der Waals surface area contributed by atoms with E-state index in [4.69, 9.17) is 0 Å². The summed E-state index contributed by atoms with van der Waals surface area (Å²) in [5.41, 5.74) is 0.513. The van der Waals surface area contributed by atoms with Crippen LogP contribution in [0.4, 0.5) is 0 Å².